The van der Waals surface area contributed by atoms with Crippen LogP contribution in [0.4, 0.5) is 17.1 Å². The van der Waals surface area contributed by atoms with E-state index in [-0.39, 0.29) is 0 Å². The molecule has 216 valence electrons. The van der Waals surface area contributed by atoms with Gasteiger partial charge in [0.15, 0.2) is 0 Å². The summed E-state index contributed by atoms with van der Waals surface area (Å²) in [5, 5.41) is 5.09. The smallest absolute Gasteiger partial charge is 0.0603 e. The highest BCUT2D eigenvalue weighted by atomic mass is 32.2. The van der Waals surface area contributed by atoms with Crippen LogP contribution in [0.3, 0.4) is 0 Å². The number of para-hydroxylation sites is 5. The van der Waals surface area contributed by atoms with Crippen LogP contribution >= 0.6 is 11.8 Å². The summed E-state index contributed by atoms with van der Waals surface area (Å²) in [6.45, 7) is 0. The van der Waals surface area contributed by atoms with Gasteiger partial charge in [-0.25, -0.2) is 0 Å². The topological polar surface area (TPSA) is 13.1 Å². The minimum atomic E-state index is 1.15. The molecule has 0 bridgehead atoms. The first-order chi connectivity index (χ1) is 22.8. The Morgan fingerprint density at radius 3 is 1.11 bits per heavy atom. The molecule has 3 heterocycles. The van der Waals surface area contributed by atoms with E-state index >= 15 is 0 Å². The Bertz CT molecular complexity index is 2360. The van der Waals surface area contributed by atoms with Crippen molar-refractivity contribution in [1.82, 2.24) is 9.13 Å². The Hall–Kier alpha value is -5.71. The number of benzene rings is 7. The zero-order chi connectivity index (χ0) is 30.2. The van der Waals surface area contributed by atoms with Crippen LogP contribution in [0, 0.1) is 0 Å². The fourth-order valence-corrected chi connectivity index (χ4v) is 8.45. The highest BCUT2D eigenvalue weighted by Gasteiger charge is 2.27. The van der Waals surface area contributed by atoms with Gasteiger partial charge in [0.25, 0.3) is 0 Å². The lowest BCUT2D eigenvalue weighted by Gasteiger charge is -2.33. The Labute approximate surface area is 270 Å². The van der Waals surface area contributed by atoms with E-state index in [1.807, 2.05) is 11.8 Å². The van der Waals surface area contributed by atoms with Crippen LogP contribution in [0.1, 0.15) is 0 Å². The third-order valence-corrected chi connectivity index (χ3v) is 10.4. The maximum Gasteiger partial charge on any atom is 0.0603 e. The molecule has 3 nitrogen and oxygen atoms in total. The Morgan fingerprint density at radius 1 is 0.326 bits per heavy atom. The Morgan fingerprint density at radius 2 is 0.696 bits per heavy atom. The molecule has 0 atom stereocenters. The molecule has 1 aliphatic heterocycles. The van der Waals surface area contributed by atoms with E-state index < -0.39 is 0 Å². The number of rotatable bonds is 3. The van der Waals surface area contributed by atoms with Crippen LogP contribution in [0.25, 0.3) is 55.0 Å². The van der Waals surface area contributed by atoms with Gasteiger partial charge in [0.1, 0.15) is 0 Å². The van der Waals surface area contributed by atoms with Crippen LogP contribution in [0.2, 0.25) is 0 Å². The third-order valence-electron chi connectivity index (χ3n) is 9.28. The largest absolute Gasteiger partial charge is 0.309 e. The van der Waals surface area contributed by atoms with Crippen LogP contribution in [0.5, 0.6) is 0 Å². The first-order valence-electron chi connectivity index (χ1n) is 15.6. The third kappa shape index (κ3) is 3.68. The van der Waals surface area contributed by atoms with Gasteiger partial charge in [-0.15, -0.1) is 0 Å². The summed E-state index contributed by atoms with van der Waals surface area (Å²) in [5.74, 6) is 0. The maximum atomic E-state index is 2.41. The monoisotopic (exact) mass is 605 g/mol. The van der Waals surface area contributed by atoms with Crippen molar-refractivity contribution < 1.29 is 0 Å². The number of anilines is 3. The fraction of sp³-hybridized carbons (Fsp3) is 0. The number of nitrogens with zero attached hydrogens (tertiary/aromatic N) is 3. The zero-order valence-electron chi connectivity index (χ0n) is 24.8. The van der Waals surface area contributed by atoms with Gasteiger partial charge < -0.3 is 14.0 Å². The number of aromatic nitrogens is 2. The molecule has 4 heteroatoms. The molecule has 0 spiro atoms. The van der Waals surface area contributed by atoms with E-state index in [0.717, 1.165) is 5.69 Å². The van der Waals surface area contributed by atoms with Gasteiger partial charge in [0, 0.05) is 48.4 Å². The van der Waals surface area contributed by atoms with Crippen molar-refractivity contribution in [2.45, 2.75) is 9.79 Å². The second-order valence-electron chi connectivity index (χ2n) is 11.8. The van der Waals surface area contributed by atoms with Crippen molar-refractivity contribution in [3.63, 3.8) is 0 Å². The molecule has 2 aromatic heterocycles. The molecule has 0 N–H and O–H groups in total. The number of fused-ring (bicyclic) bond motifs is 8. The highest BCUT2D eigenvalue weighted by Crippen LogP contribution is 2.53. The lowest BCUT2D eigenvalue weighted by Crippen LogP contribution is -2.15. The van der Waals surface area contributed by atoms with E-state index in [1.165, 1.54) is 76.2 Å². The van der Waals surface area contributed by atoms with E-state index in [9.17, 15) is 0 Å². The van der Waals surface area contributed by atoms with Crippen LogP contribution < -0.4 is 4.90 Å². The van der Waals surface area contributed by atoms with Gasteiger partial charge in [-0.2, -0.15) is 0 Å². The predicted molar refractivity (Wildman–Crippen MR) is 194 cm³/mol. The quantitative estimate of drug-likeness (QED) is 0.199. The van der Waals surface area contributed by atoms with Crippen molar-refractivity contribution in [2.75, 3.05) is 4.90 Å². The van der Waals surface area contributed by atoms with Gasteiger partial charge >= 0.3 is 0 Å². The maximum absolute atomic E-state index is 2.41. The van der Waals surface area contributed by atoms with E-state index in [4.69, 9.17) is 0 Å². The molecule has 9 aromatic rings. The van der Waals surface area contributed by atoms with Crippen molar-refractivity contribution in [2.24, 2.45) is 0 Å². The first kappa shape index (κ1) is 25.6. The summed E-state index contributed by atoms with van der Waals surface area (Å²) in [5.41, 5.74) is 10.8. The number of hydrogen-bond donors (Lipinski definition) is 0. The zero-order valence-corrected chi connectivity index (χ0v) is 25.7. The molecule has 10 rings (SSSR count). The minimum absolute atomic E-state index is 1.15. The second-order valence-corrected chi connectivity index (χ2v) is 12.9. The molecule has 46 heavy (non-hydrogen) atoms. The standard InChI is InChI=1S/C42H27N3S/c1-2-12-28(13-3-1)43-39-24-22-29(44-35-18-8-4-14-31(35)32-15-5-9-19-36(32)44)26-41(39)46-42-27-30(23-25-40(42)43)45-37-20-10-6-16-33(37)34-17-7-11-21-38(34)45/h1-27H. The van der Waals surface area contributed by atoms with Crippen molar-refractivity contribution in [1.29, 1.82) is 0 Å². The van der Waals surface area contributed by atoms with Gasteiger partial charge in [-0.05, 0) is 72.8 Å². The highest BCUT2D eigenvalue weighted by molar-refractivity contribution is 7.99. The van der Waals surface area contributed by atoms with Crippen LogP contribution in [0.15, 0.2) is 174 Å². The minimum Gasteiger partial charge on any atom is -0.309 e. The normalized spacial score (nSPS) is 12.7. The van der Waals surface area contributed by atoms with Crippen molar-refractivity contribution in [3.8, 4) is 11.4 Å². The first-order valence-corrected chi connectivity index (χ1v) is 16.4. The predicted octanol–water partition coefficient (Wildman–Crippen LogP) is 11.8. The summed E-state index contributed by atoms with van der Waals surface area (Å²) >= 11 is 1.86. The SMILES string of the molecule is c1ccc(N2c3ccc(-n4c5ccccc5c5ccccc54)cc3Sc3cc(-n4c5ccccc5c5ccccc54)ccc32)cc1. The van der Waals surface area contributed by atoms with Crippen LogP contribution in [-0.2, 0) is 0 Å². The average Bonchev–Trinajstić information content (AvgIpc) is 3.64. The fourth-order valence-electron chi connectivity index (χ4n) is 7.32. The van der Waals surface area contributed by atoms with Crippen molar-refractivity contribution in [3.05, 3.63) is 164 Å². The van der Waals surface area contributed by atoms with E-state index in [1.54, 1.807) is 0 Å². The molecule has 0 fully saturated rings. The Balaban J connectivity index is 1.19. The molecule has 1 aliphatic rings. The Kier molecular flexibility index (Phi) is 5.51. The van der Waals surface area contributed by atoms with E-state index in [2.05, 4.69) is 178 Å². The van der Waals surface area contributed by atoms with Gasteiger partial charge in [0.2, 0.25) is 0 Å². The second kappa shape index (κ2) is 9.90. The lowest BCUT2D eigenvalue weighted by atomic mass is 10.1. The van der Waals surface area contributed by atoms with Crippen LogP contribution in [-0.4, -0.2) is 9.13 Å². The molecule has 7 aromatic carbocycles. The van der Waals surface area contributed by atoms with Gasteiger partial charge in [-0.3, -0.25) is 0 Å². The summed E-state index contributed by atoms with van der Waals surface area (Å²) in [6.07, 6.45) is 0. The summed E-state index contributed by atoms with van der Waals surface area (Å²) in [4.78, 5) is 4.87. The van der Waals surface area contributed by atoms with Crippen molar-refractivity contribution >= 4 is 72.4 Å². The number of hydrogen-bond acceptors (Lipinski definition) is 2. The summed E-state index contributed by atoms with van der Waals surface area (Å²) in [7, 11) is 0. The summed E-state index contributed by atoms with van der Waals surface area (Å²) in [6, 6.07) is 59.4. The van der Waals surface area contributed by atoms with E-state index in [0.29, 0.717) is 0 Å². The molecular weight excluding hydrogens is 579 g/mol. The molecule has 0 saturated carbocycles. The lowest BCUT2D eigenvalue weighted by molar-refractivity contribution is 1.11. The van der Waals surface area contributed by atoms with Gasteiger partial charge in [0.05, 0.1) is 33.4 Å². The molecule has 0 aliphatic carbocycles. The average molecular weight is 606 g/mol. The van der Waals surface area contributed by atoms with Gasteiger partial charge in [-0.1, -0.05) is 103 Å². The molecule has 0 amide bonds. The molecule has 0 radical (unpaired) electrons. The molecular formula is C42H27N3S. The molecule has 0 saturated heterocycles. The molecule has 0 unspecified atom stereocenters. The summed E-state index contributed by atoms with van der Waals surface area (Å²) < 4.78 is 4.81.